The van der Waals surface area contributed by atoms with Crippen molar-refractivity contribution >= 4 is 63.0 Å². The minimum Gasteiger partial charge on any atom is -0.319 e. The van der Waals surface area contributed by atoms with Gasteiger partial charge in [0.2, 0.25) is 0 Å². The number of fused-ring (bicyclic) bond motifs is 4. The minimum absolute atomic E-state index is 0. The molecule has 0 atom stereocenters. The van der Waals surface area contributed by atoms with E-state index in [0.29, 0.717) is 5.92 Å². The first-order valence-corrected chi connectivity index (χ1v) is 18.8. The van der Waals surface area contributed by atoms with Gasteiger partial charge in [-0.25, -0.2) is 4.98 Å². The number of hydrogen-bond donors (Lipinski definition) is 0. The van der Waals surface area contributed by atoms with Crippen molar-refractivity contribution in [1.82, 2.24) is 9.55 Å². The summed E-state index contributed by atoms with van der Waals surface area (Å²) < 4.78 is 2.28. The Labute approximate surface area is 291 Å². The number of anilines is 4. The molecular formula is C40H35N4OPtSi-. The van der Waals surface area contributed by atoms with E-state index in [9.17, 15) is 0 Å². The molecule has 1 aliphatic rings. The smallest absolute Gasteiger partial charge is 0.148 e. The Morgan fingerprint density at radius 1 is 0.681 bits per heavy atom. The molecule has 7 aromatic rings. The zero-order chi connectivity index (χ0) is 31.4. The molecule has 2 aromatic heterocycles. The summed E-state index contributed by atoms with van der Waals surface area (Å²) >= 11 is 0. The molecule has 236 valence electrons. The fraction of sp³-hybridized carbons (Fsp3) is 0.125. The number of para-hydroxylation sites is 4. The van der Waals surface area contributed by atoms with Crippen molar-refractivity contribution < 1.29 is 26.0 Å². The van der Waals surface area contributed by atoms with Crippen molar-refractivity contribution in [3.05, 3.63) is 145 Å². The summed E-state index contributed by atoms with van der Waals surface area (Å²) in [6.45, 7) is 9.22. The van der Waals surface area contributed by atoms with E-state index in [2.05, 4.69) is 147 Å². The summed E-state index contributed by atoms with van der Waals surface area (Å²) in [7, 11) is -2.26. The van der Waals surface area contributed by atoms with Gasteiger partial charge in [-0.1, -0.05) is 86.1 Å². The van der Waals surface area contributed by atoms with E-state index >= 15 is 0 Å². The fourth-order valence-corrected chi connectivity index (χ4v) is 8.62. The van der Waals surface area contributed by atoms with E-state index < -0.39 is 8.07 Å². The normalized spacial score (nSPS) is 13.0. The van der Waals surface area contributed by atoms with E-state index in [-0.39, 0.29) is 21.1 Å². The molecule has 1 N–H and O–H groups in total. The summed E-state index contributed by atoms with van der Waals surface area (Å²) in [6, 6.07) is 50.3. The second kappa shape index (κ2) is 12.3. The molecule has 0 saturated heterocycles. The Morgan fingerprint density at radius 3 is 2.17 bits per heavy atom. The summed E-state index contributed by atoms with van der Waals surface area (Å²) in [5.41, 5.74) is 7.51. The molecule has 0 aliphatic carbocycles. The quantitative estimate of drug-likeness (QED) is 0.0958. The second-order valence-corrected chi connectivity index (χ2v) is 17.0. The van der Waals surface area contributed by atoms with Crippen LogP contribution in [0.1, 0.15) is 25.3 Å². The molecule has 47 heavy (non-hydrogen) atoms. The van der Waals surface area contributed by atoms with Gasteiger partial charge >= 0.3 is 0 Å². The third-order valence-corrected chi connectivity index (χ3v) is 12.4. The van der Waals surface area contributed by atoms with Crippen molar-refractivity contribution in [3.63, 3.8) is 0 Å². The molecule has 0 unspecified atom stereocenters. The molecule has 3 heterocycles. The summed E-state index contributed by atoms with van der Waals surface area (Å²) in [5.74, 6) is 1.34. The van der Waals surface area contributed by atoms with E-state index in [1.165, 1.54) is 26.7 Å². The van der Waals surface area contributed by atoms with E-state index in [1.807, 2.05) is 34.5 Å². The Morgan fingerprint density at radius 2 is 1.38 bits per heavy atom. The van der Waals surface area contributed by atoms with Gasteiger partial charge in [0.05, 0.1) is 8.07 Å². The fourth-order valence-electron chi connectivity index (χ4n) is 6.45. The average Bonchev–Trinajstić information content (AvgIpc) is 3.65. The second-order valence-electron chi connectivity index (χ2n) is 12.7. The van der Waals surface area contributed by atoms with Crippen molar-refractivity contribution in [2.75, 3.05) is 10.1 Å². The molecular weight excluding hydrogens is 776 g/mol. The van der Waals surface area contributed by atoms with Crippen LogP contribution in [0.4, 0.5) is 22.7 Å². The number of benzene rings is 5. The van der Waals surface area contributed by atoms with Crippen LogP contribution in [-0.4, -0.2) is 22.6 Å². The van der Waals surface area contributed by atoms with Gasteiger partial charge in [-0.05, 0) is 59.3 Å². The SMILES string of the molecule is CC(C)c1ccnc(-n2c3[c-]c([Si](C)(C)c4[c-]c(N5[OH+]N(c6ccccc6)c6ccccc65)ccc4)ccc3c3ccccc32)c1.[Pt]. The van der Waals surface area contributed by atoms with Crippen LogP contribution in [-0.2, 0) is 21.1 Å². The van der Waals surface area contributed by atoms with Gasteiger partial charge in [0, 0.05) is 38.5 Å². The molecule has 0 fully saturated rings. The predicted molar refractivity (Wildman–Crippen MR) is 192 cm³/mol. The first kappa shape index (κ1) is 31.1. The van der Waals surface area contributed by atoms with Crippen LogP contribution >= 0.6 is 0 Å². The number of aromatic nitrogens is 2. The van der Waals surface area contributed by atoms with Crippen LogP contribution in [0.5, 0.6) is 0 Å². The zero-order valence-electron chi connectivity index (χ0n) is 26.8. The zero-order valence-corrected chi connectivity index (χ0v) is 30.0. The standard InChI is InChI=1S/C40H34N4OSi.Pt/c1-28(2)29-23-24-41-40(25-29)42-36-18-9-8-17-34(36)35-22-21-33(27-39(35)42)46(3,4)32-16-12-15-31(26-32)44-38-20-11-10-19-37(38)43(45-44)30-13-6-5-7-14-30;/h5-25,28H,1-4H3;/q-2;/p+1. The Kier molecular flexibility index (Phi) is 8.13. The summed E-state index contributed by atoms with van der Waals surface area (Å²) in [5, 5.41) is 8.83. The third kappa shape index (κ3) is 5.31. The number of rotatable bonds is 6. The molecule has 0 saturated carbocycles. The molecule has 0 radical (unpaired) electrons. The van der Waals surface area contributed by atoms with Gasteiger partial charge in [-0.2, -0.15) is 51.7 Å². The van der Waals surface area contributed by atoms with Crippen molar-refractivity contribution in [2.24, 2.45) is 0 Å². The maximum Gasteiger partial charge on any atom is 0.148 e. The molecule has 5 aromatic carbocycles. The predicted octanol–water partition coefficient (Wildman–Crippen LogP) is 8.85. The topological polar surface area (TPSA) is 37.1 Å². The monoisotopic (exact) mass is 810 g/mol. The van der Waals surface area contributed by atoms with E-state index in [1.54, 1.807) is 0 Å². The Hall–Kier alpha value is -4.48. The van der Waals surface area contributed by atoms with E-state index in [4.69, 9.17) is 9.92 Å². The van der Waals surface area contributed by atoms with Gasteiger partial charge < -0.3 is 4.57 Å². The number of hydrogen-bond acceptors (Lipinski definition) is 3. The van der Waals surface area contributed by atoms with Gasteiger partial charge in [0.15, 0.2) is 0 Å². The van der Waals surface area contributed by atoms with Crippen LogP contribution in [0, 0.1) is 12.1 Å². The molecule has 8 rings (SSSR count). The number of pyridine rings is 1. The average molecular weight is 811 g/mol. The van der Waals surface area contributed by atoms with Crippen molar-refractivity contribution in [3.8, 4) is 5.82 Å². The van der Waals surface area contributed by atoms with Crippen LogP contribution in [0.3, 0.4) is 0 Å². The Bertz CT molecular complexity index is 2230. The maximum atomic E-state index is 5.05. The Balaban J connectivity index is 0.00000351. The molecule has 0 amide bonds. The van der Waals surface area contributed by atoms with Crippen LogP contribution in [0.25, 0.3) is 27.6 Å². The molecule has 0 bridgehead atoms. The van der Waals surface area contributed by atoms with Gasteiger partial charge in [-0.3, -0.25) is 0 Å². The molecule has 1 aliphatic heterocycles. The van der Waals surface area contributed by atoms with Crippen LogP contribution in [0.2, 0.25) is 13.1 Å². The van der Waals surface area contributed by atoms with Crippen LogP contribution < -0.4 is 20.5 Å². The van der Waals surface area contributed by atoms with Gasteiger partial charge in [0.1, 0.15) is 22.9 Å². The molecule has 7 heteroatoms. The summed E-state index contributed by atoms with van der Waals surface area (Å²) in [6.07, 6.45) is 1.93. The minimum atomic E-state index is -2.26. The first-order valence-electron chi connectivity index (χ1n) is 15.8. The maximum absolute atomic E-state index is 5.05. The largest absolute Gasteiger partial charge is 0.319 e. The van der Waals surface area contributed by atoms with Crippen molar-refractivity contribution in [1.29, 1.82) is 0 Å². The first-order chi connectivity index (χ1) is 22.4. The summed E-state index contributed by atoms with van der Waals surface area (Å²) in [4.78, 5) is 9.90. The van der Waals surface area contributed by atoms with Crippen LogP contribution in [0.15, 0.2) is 128 Å². The molecule has 5 nitrogen and oxygen atoms in total. The van der Waals surface area contributed by atoms with Crippen molar-refractivity contribution in [2.45, 2.75) is 32.9 Å². The van der Waals surface area contributed by atoms with E-state index in [0.717, 1.165) is 39.6 Å². The van der Waals surface area contributed by atoms with Gasteiger partial charge in [0.25, 0.3) is 0 Å². The van der Waals surface area contributed by atoms with Gasteiger partial charge in [-0.15, -0.1) is 16.5 Å². The third-order valence-electron chi connectivity index (χ3n) is 9.12. The molecule has 0 spiro atoms. The number of nitrogens with zero attached hydrogens (tertiary/aromatic N) is 4.